The van der Waals surface area contributed by atoms with E-state index in [-0.39, 0.29) is 18.4 Å². The smallest absolute Gasteiger partial charge is 0.260 e. The Balaban J connectivity index is 1.60. The Morgan fingerprint density at radius 3 is 2.96 bits per heavy atom. The van der Waals surface area contributed by atoms with E-state index in [9.17, 15) is 4.79 Å². The van der Waals surface area contributed by atoms with Crippen molar-refractivity contribution in [3.8, 4) is 11.5 Å². The summed E-state index contributed by atoms with van der Waals surface area (Å²) in [6.45, 7) is 5.00. The first-order valence-electron chi connectivity index (χ1n) is 9.12. The Labute approximate surface area is 159 Å². The van der Waals surface area contributed by atoms with Crippen LogP contribution in [0.25, 0.3) is 6.08 Å². The summed E-state index contributed by atoms with van der Waals surface area (Å²) in [6, 6.07) is 5.63. The molecule has 1 aromatic heterocycles. The first-order valence-corrected chi connectivity index (χ1v) is 9.12. The van der Waals surface area contributed by atoms with E-state index in [1.54, 1.807) is 18.9 Å². The van der Waals surface area contributed by atoms with Gasteiger partial charge in [-0.15, -0.1) is 0 Å². The average Bonchev–Trinajstić information content (AvgIpc) is 3.13. The van der Waals surface area contributed by atoms with Crippen molar-refractivity contribution >= 4 is 12.0 Å². The number of rotatable bonds is 6. The quantitative estimate of drug-likeness (QED) is 0.776. The fourth-order valence-electron chi connectivity index (χ4n) is 3.21. The normalized spacial score (nSPS) is 17.3. The third-order valence-electron chi connectivity index (χ3n) is 4.56. The van der Waals surface area contributed by atoms with E-state index in [1.807, 2.05) is 37.3 Å². The minimum Gasteiger partial charge on any atom is -0.493 e. The fourth-order valence-corrected chi connectivity index (χ4v) is 3.21. The van der Waals surface area contributed by atoms with Gasteiger partial charge < -0.3 is 18.9 Å². The second-order valence-corrected chi connectivity index (χ2v) is 6.56. The number of piperidine rings is 1. The molecule has 0 spiro atoms. The molecular formula is C20H25N3O4. The maximum atomic E-state index is 12.6. The van der Waals surface area contributed by atoms with Crippen LogP contribution >= 0.6 is 0 Å². The van der Waals surface area contributed by atoms with Gasteiger partial charge >= 0.3 is 0 Å². The Kier molecular flexibility index (Phi) is 6.11. The zero-order valence-electron chi connectivity index (χ0n) is 16.0. The SMILES string of the molecule is C/C=C/c1ccc(OCC(=O)N2CCCC(c3nc(C)no3)C2)c(OC)c1. The molecule has 1 atom stereocenters. The van der Waals surface area contributed by atoms with E-state index >= 15 is 0 Å². The molecule has 1 aliphatic heterocycles. The Hall–Kier alpha value is -2.83. The van der Waals surface area contributed by atoms with Gasteiger partial charge in [-0.05, 0) is 44.4 Å². The number of allylic oxidation sites excluding steroid dienone is 1. The van der Waals surface area contributed by atoms with Crippen molar-refractivity contribution in [2.75, 3.05) is 26.8 Å². The van der Waals surface area contributed by atoms with Crippen molar-refractivity contribution in [1.29, 1.82) is 0 Å². The van der Waals surface area contributed by atoms with Gasteiger partial charge in [-0.25, -0.2) is 0 Å². The summed E-state index contributed by atoms with van der Waals surface area (Å²) in [5.74, 6) is 2.41. The predicted molar refractivity (Wildman–Crippen MR) is 101 cm³/mol. The fraction of sp³-hybridized carbons (Fsp3) is 0.450. The summed E-state index contributed by atoms with van der Waals surface area (Å²) in [5.41, 5.74) is 1.02. The minimum atomic E-state index is -0.0597. The molecule has 1 aromatic carbocycles. The van der Waals surface area contributed by atoms with Crippen LogP contribution in [0.2, 0.25) is 0 Å². The second kappa shape index (κ2) is 8.70. The summed E-state index contributed by atoms with van der Waals surface area (Å²) in [5, 5.41) is 3.84. The van der Waals surface area contributed by atoms with E-state index in [0.717, 1.165) is 18.4 Å². The number of benzene rings is 1. The van der Waals surface area contributed by atoms with E-state index in [4.69, 9.17) is 14.0 Å². The highest BCUT2D eigenvalue weighted by Gasteiger charge is 2.28. The van der Waals surface area contributed by atoms with Crippen LogP contribution in [0, 0.1) is 6.92 Å². The molecule has 2 heterocycles. The van der Waals surface area contributed by atoms with E-state index in [0.29, 0.717) is 36.3 Å². The number of nitrogens with zero attached hydrogens (tertiary/aromatic N) is 3. The standard InChI is InChI=1S/C20H25N3O4/c1-4-6-15-8-9-17(18(11-15)25-3)26-13-19(24)23-10-5-7-16(12-23)20-21-14(2)22-27-20/h4,6,8-9,11,16H,5,7,10,12-13H2,1-3H3/b6-4+. The van der Waals surface area contributed by atoms with Crippen LogP contribution in [0.3, 0.4) is 0 Å². The topological polar surface area (TPSA) is 77.7 Å². The van der Waals surface area contributed by atoms with Crippen LogP contribution < -0.4 is 9.47 Å². The van der Waals surface area contributed by atoms with Gasteiger partial charge in [0, 0.05) is 13.1 Å². The molecule has 1 aliphatic rings. The number of methoxy groups -OCH3 is 1. The molecular weight excluding hydrogens is 346 g/mol. The maximum absolute atomic E-state index is 12.6. The number of amides is 1. The number of aryl methyl sites for hydroxylation is 1. The zero-order valence-corrected chi connectivity index (χ0v) is 16.0. The lowest BCUT2D eigenvalue weighted by molar-refractivity contribution is -0.134. The van der Waals surface area contributed by atoms with Crippen LogP contribution in [0.1, 0.15) is 43.0 Å². The molecule has 1 unspecified atom stereocenters. The highest BCUT2D eigenvalue weighted by Crippen LogP contribution is 2.29. The molecule has 0 radical (unpaired) electrons. The van der Waals surface area contributed by atoms with E-state index in [2.05, 4.69) is 10.1 Å². The number of hydrogen-bond acceptors (Lipinski definition) is 6. The summed E-state index contributed by atoms with van der Waals surface area (Å²) in [7, 11) is 1.59. The minimum absolute atomic E-state index is 0.0328. The van der Waals surface area contributed by atoms with Gasteiger partial charge in [0.1, 0.15) is 0 Å². The number of carbonyl (C=O) groups excluding carboxylic acids is 1. The van der Waals surface area contributed by atoms with Gasteiger partial charge in [0.15, 0.2) is 23.9 Å². The van der Waals surface area contributed by atoms with Crippen molar-refractivity contribution in [2.24, 2.45) is 0 Å². The Morgan fingerprint density at radius 1 is 1.41 bits per heavy atom. The van der Waals surface area contributed by atoms with Crippen LogP contribution in [0.5, 0.6) is 11.5 Å². The molecule has 0 bridgehead atoms. The Bertz CT molecular complexity index is 815. The molecule has 144 valence electrons. The summed E-state index contributed by atoms with van der Waals surface area (Å²) < 4.78 is 16.4. The number of carbonyl (C=O) groups is 1. The monoisotopic (exact) mass is 371 g/mol. The average molecular weight is 371 g/mol. The highest BCUT2D eigenvalue weighted by atomic mass is 16.5. The molecule has 1 fully saturated rings. The van der Waals surface area contributed by atoms with Crippen molar-refractivity contribution < 1.29 is 18.8 Å². The van der Waals surface area contributed by atoms with Crippen molar-refractivity contribution in [3.63, 3.8) is 0 Å². The molecule has 1 saturated heterocycles. The molecule has 27 heavy (non-hydrogen) atoms. The molecule has 0 aliphatic carbocycles. The van der Waals surface area contributed by atoms with Crippen LogP contribution in [0.15, 0.2) is 28.8 Å². The lowest BCUT2D eigenvalue weighted by Crippen LogP contribution is -2.41. The van der Waals surface area contributed by atoms with Crippen molar-refractivity contribution in [2.45, 2.75) is 32.6 Å². The van der Waals surface area contributed by atoms with Gasteiger partial charge in [-0.2, -0.15) is 4.98 Å². The third kappa shape index (κ3) is 4.67. The van der Waals surface area contributed by atoms with Gasteiger partial charge in [0.05, 0.1) is 13.0 Å². The Morgan fingerprint density at radius 2 is 2.26 bits per heavy atom. The van der Waals surface area contributed by atoms with Crippen LogP contribution in [-0.4, -0.2) is 47.8 Å². The van der Waals surface area contributed by atoms with Crippen LogP contribution in [0.4, 0.5) is 0 Å². The second-order valence-electron chi connectivity index (χ2n) is 6.56. The summed E-state index contributed by atoms with van der Waals surface area (Å²) >= 11 is 0. The van der Waals surface area contributed by atoms with Crippen molar-refractivity contribution in [3.05, 3.63) is 41.6 Å². The third-order valence-corrected chi connectivity index (χ3v) is 4.56. The zero-order chi connectivity index (χ0) is 19.2. The van der Waals surface area contributed by atoms with Gasteiger partial charge in [0.25, 0.3) is 5.91 Å². The molecule has 0 N–H and O–H groups in total. The van der Waals surface area contributed by atoms with E-state index in [1.165, 1.54) is 0 Å². The maximum Gasteiger partial charge on any atom is 0.260 e. The highest BCUT2D eigenvalue weighted by molar-refractivity contribution is 5.78. The summed E-state index contributed by atoms with van der Waals surface area (Å²) in [6.07, 6.45) is 5.77. The lowest BCUT2D eigenvalue weighted by atomic mass is 9.98. The van der Waals surface area contributed by atoms with Crippen molar-refractivity contribution in [1.82, 2.24) is 15.0 Å². The van der Waals surface area contributed by atoms with Crippen LogP contribution in [-0.2, 0) is 4.79 Å². The number of aromatic nitrogens is 2. The molecule has 1 amide bonds. The molecule has 3 rings (SSSR count). The number of hydrogen-bond donors (Lipinski definition) is 0. The first kappa shape index (κ1) is 18.9. The molecule has 7 heteroatoms. The number of ether oxygens (including phenoxy) is 2. The predicted octanol–water partition coefficient (Wildman–Crippen LogP) is 3.20. The van der Waals surface area contributed by atoms with Gasteiger partial charge in [-0.3, -0.25) is 4.79 Å². The van der Waals surface area contributed by atoms with E-state index < -0.39 is 0 Å². The van der Waals surface area contributed by atoms with Gasteiger partial charge in [0.2, 0.25) is 5.89 Å². The largest absolute Gasteiger partial charge is 0.493 e. The first-order chi connectivity index (χ1) is 13.1. The summed E-state index contributed by atoms with van der Waals surface area (Å²) in [4.78, 5) is 18.7. The lowest BCUT2D eigenvalue weighted by Gasteiger charge is -2.31. The van der Waals surface area contributed by atoms with Gasteiger partial charge in [-0.1, -0.05) is 23.4 Å². The molecule has 2 aromatic rings. The molecule has 0 saturated carbocycles. The molecule has 7 nitrogen and oxygen atoms in total. The number of likely N-dealkylation sites (tertiary alicyclic amines) is 1.